The molecule has 0 aromatic rings. The number of allylic oxidation sites excluding steroid dienone is 8. The average molecular weight is 163 g/mol. The van der Waals surface area contributed by atoms with Gasteiger partial charge in [0.2, 0.25) is 0 Å². The maximum atomic E-state index is 2.00. The Bertz CT molecular complexity index is 105. The normalized spacial score (nSPS) is 14.2. The molecule has 1 heteroatoms. The molecule has 0 fully saturated rings. The van der Waals surface area contributed by atoms with Crippen molar-refractivity contribution < 1.29 is 16.8 Å². The maximum Gasteiger partial charge on any atom is 0 e. The van der Waals surface area contributed by atoms with E-state index in [0.29, 0.717) is 0 Å². The SMILES string of the molecule is C1=CC=CC=CC=C1.[Co]. The Labute approximate surface area is 65.8 Å². The molecule has 0 atom stereocenters. The summed E-state index contributed by atoms with van der Waals surface area (Å²) in [4.78, 5) is 0. The van der Waals surface area contributed by atoms with Gasteiger partial charge in [-0.1, -0.05) is 48.6 Å². The molecule has 49 valence electrons. The third kappa shape index (κ3) is 4.00. The monoisotopic (exact) mass is 163 g/mol. The van der Waals surface area contributed by atoms with Gasteiger partial charge >= 0.3 is 0 Å². The summed E-state index contributed by atoms with van der Waals surface area (Å²) in [5.74, 6) is 0. The fraction of sp³-hybridized carbons (Fsp3) is 0. The first kappa shape index (κ1) is 8.47. The van der Waals surface area contributed by atoms with E-state index in [0.717, 1.165) is 0 Å². The molecule has 0 spiro atoms. The minimum Gasteiger partial charge on any atom is -0.0623 e. The van der Waals surface area contributed by atoms with Crippen LogP contribution in [0.4, 0.5) is 0 Å². The molecule has 0 aromatic carbocycles. The van der Waals surface area contributed by atoms with Gasteiger partial charge in [-0.25, -0.2) is 0 Å². The summed E-state index contributed by atoms with van der Waals surface area (Å²) in [6.45, 7) is 0. The van der Waals surface area contributed by atoms with E-state index in [1.54, 1.807) is 0 Å². The summed E-state index contributed by atoms with van der Waals surface area (Å²) < 4.78 is 0. The zero-order valence-corrected chi connectivity index (χ0v) is 5.99. The first-order chi connectivity index (χ1) is 4.00. The molecule has 0 N–H and O–H groups in total. The van der Waals surface area contributed by atoms with Gasteiger partial charge in [-0.3, -0.25) is 0 Å². The Morgan fingerprint density at radius 1 is 0.333 bits per heavy atom. The van der Waals surface area contributed by atoms with Crippen LogP contribution in [-0.4, -0.2) is 0 Å². The second kappa shape index (κ2) is 5.60. The molecule has 0 unspecified atom stereocenters. The van der Waals surface area contributed by atoms with Gasteiger partial charge in [-0.15, -0.1) is 0 Å². The van der Waals surface area contributed by atoms with Crippen LogP contribution in [0.2, 0.25) is 0 Å². The van der Waals surface area contributed by atoms with E-state index < -0.39 is 0 Å². The summed E-state index contributed by atoms with van der Waals surface area (Å²) in [5.41, 5.74) is 0. The Morgan fingerprint density at radius 2 is 0.444 bits per heavy atom. The molecule has 0 amide bonds. The molecule has 0 saturated carbocycles. The fourth-order valence-electron chi connectivity index (χ4n) is 0.513. The van der Waals surface area contributed by atoms with Crippen molar-refractivity contribution >= 4 is 0 Å². The van der Waals surface area contributed by atoms with Crippen LogP contribution < -0.4 is 0 Å². The van der Waals surface area contributed by atoms with Gasteiger partial charge < -0.3 is 0 Å². The van der Waals surface area contributed by atoms with Gasteiger partial charge in [0.1, 0.15) is 0 Å². The molecular formula is C8H8Co. The van der Waals surface area contributed by atoms with Crippen LogP contribution in [0.15, 0.2) is 48.6 Å². The Balaban J connectivity index is 0.000000640. The molecule has 0 heterocycles. The largest absolute Gasteiger partial charge is 0.0623 e. The van der Waals surface area contributed by atoms with Crippen molar-refractivity contribution in [2.75, 3.05) is 0 Å². The van der Waals surface area contributed by atoms with E-state index in [-0.39, 0.29) is 16.8 Å². The van der Waals surface area contributed by atoms with E-state index in [9.17, 15) is 0 Å². The van der Waals surface area contributed by atoms with Gasteiger partial charge in [0.05, 0.1) is 0 Å². The van der Waals surface area contributed by atoms with E-state index in [2.05, 4.69) is 0 Å². The summed E-state index contributed by atoms with van der Waals surface area (Å²) in [5, 5.41) is 0. The first-order valence-electron chi connectivity index (χ1n) is 2.67. The van der Waals surface area contributed by atoms with Gasteiger partial charge in [0.15, 0.2) is 0 Å². The number of hydrogen-bond donors (Lipinski definition) is 0. The third-order valence-electron chi connectivity index (χ3n) is 0.889. The van der Waals surface area contributed by atoms with Crippen LogP contribution in [0, 0.1) is 0 Å². The Kier molecular flexibility index (Phi) is 5.27. The molecule has 0 bridgehead atoms. The van der Waals surface area contributed by atoms with E-state index in [1.807, 2.05) is 48.6 Å². The van der Waals surface area contributed by atoms with Crippen molar-refractivity contribution in [2.45, 2.75) is 0 Å². The smallest absolute Gasteiger partial charge is 0 e. The predicted octanol–water partition coefficient (Wildman–Crippen LogP) is 2.22. The molecule has 0 aliphatic heterocycles. The van der Waals surface area contributed by atoms with Crippen molar-refractivity contribution in [2.24, 2.45) is 0 Å². The zero-order chi connectivity index (χ0) is 5.66. The van der Waals surface area contributed by atoms with Crippen LogP contribution >= 0.6 is 0 Å². The second-order valence-corrected chi connectivity index (χ2v) is 1.54. The molecule has 9 heavy (non-hydrogen) atoms. The summed E-state index contributed by atoms with van der Waals surface area (Å²) in [6, 6.07) is 0. The maximum absolute atomic E-state index is 2.00. The molecule has 0 nitrogen and oxygen atoms in total. The number of hydrogen-bond acceptors (Lipinski definition) is 0. The van der Waals surface area contributed by atoms with Crippen molar-refractivity contribution in [3.05, 3.63) is 48.6 Å². The van der Waals surface area contributed by atoms with Gasteiger partial charge in [-0.2, -0.15) is 0 Å². The van der Waals surface area contributed by atoms with E-state index >= 15 is 0 Å². The van der Waals surface area contributed by atoms with Crippen molar-refractivity contribution in [1.29, 1.82) is 0 Å². The summed E-state index contributed by atoms with van der Waals surface area (Å²) in [6.07, 6.45) is 16.0. The molecular weight excluding hydrogens is 155 g/mol. The van der Waals surface area contributed by atoms with Crippen molar-refractivity contribution in [3.63, 3.8) is 0 Å². The topological polar surface area (TPSA) is 0 Å². The predicted molar refractivity (Wildman–Crippen MR) is 36.6 cm³/mol. The second-order valence-electron chi connectivity index (χ2n) is 1.54. The van der Waals surface area contributed by atoms with Crippen LogP contribution in [0.25, 0.3) is 0 Å². The third-order valence-corrected chi connectivity index (χ3v) is 0.889. The minimum atomic E-state index is 0. The van der Waals surface area contributed by atoms with Gasteiger partial charge in [0.25, 0.3) is 0 Å². The standard InChI is InChI=1S/C8H8.Co/c1-2-4-6-8-7-5-3-1;/h1-8H;. The molecule has 1 rings (SSSR count). The molecule has 1 aliphatic rings. The van der Waals surface area contributed by atoms with Crippen LogP contribution in [0.3, 0.4) is 0 Å². The van der Waals surface area contributed by atoms with Crippen molar-refractivity contribution in [3.8, 4) is 0 Å². The Morgan fingerprint density at radius 3 is 0.556 bits per heavy atom. The average Bonchev–Trinajstić information content (AvgIpc) is 1.62. The molecule has 1 aliphatic carbocycles. The summed E-state index contributed by atoms with van der Waals surface area (Å²) >= 11 is 0. The Hall–Kier alpha value is -0.534. The summed E-state index contributed by atoms with van der Waals surface area (Å²) in [7, 11) is 0. The van der Waals surface area contributed by atoms with Crippen LogP contribution in [0.5, 0.6) is 0 Å². The first-order valence-corrected chi connectivity index (χ1v) is 2.67. The van der Waals surface area contributed by atoms with Crippen LogP contribution in [0.1, 0.15) is 0 Å². The molecule has 0 aromatic heterocycles. The van der Waals surface area contributed by atoms with E-state index in [4.69, 9.17) is 0 Å². The molecule has 1 radical (unpaired) electrons. The van der Waals surface area contributed by atoms with Crippen molar-refractivity contribution in [1.82, 2.24) is 0 Å². The van der Waals surface area contributed by atoms with E-state index in [1.165, 1.54) is 0 Å². The zero-order valence-electron chi connectivity index (χ0n) is 4.95. The molecule has 0 saturated heterocycles. The number of rotatable bonds is 0. The van der Waals surface area contributed by atoms with Crippen LogP contribution in [-0.2, 0) is 16.8 Å². The van der Waals surface area contributed by atoms with Gasteiger partial charge in [-0.05, 0) is 0 Å². The minimum absolute atomic E-state index is 0. The quantitative estimate of drug-likeness (QED) is 0.513. The van der Waals surface area contributed by atoms with Gasteiger partial charge in [0, 0.05) is 16.8 Å². The fourth-order valence-corrected chi connectivity index (χ4v) is 0.513.